The van der Waals surface area contributed by atoms with Gasteiger partial charge in [-0.15, -0.1) is 0 Å². The first-order valence-electron chi connectivity index (χ1n) is 8.79. The van der Waals surface area contributed by atoms with Gasteiger partial charge in [0.05, 0.1) is 12.7 Å². The number of carbonyl (C=O) groups is 1. The van der Waals surface area contributed by atoms with Crippen molar-refractivity contribution in [1.82, 2.24) is 4.90 Å². The molecule has 1 unspecified atom stereocenters. The number of hydrogen-bond acceptors (Lipinski definition) is 3. The normalized spacial score (nSPS) is 19.2. The smallest absolute Gasteiger partial charge is 0.321 e. The number of aliphatic hydroxyl groups is 1. The summed E-state index contributed by atoms with van der Waals surface area (Å²) < 4.78 is 5.56. The number of hydrogen-bond donors (Lipinski definition) is 2. The van der Waals surface area contributed by atoms with Crippen molar-refractivity contribution in [2.24, 2.45) is 0 Å². The number of fused-ring (bicyclic) bond motifs is 1. The number of nitrogens with one attached hydrogen (secondary N) is 1. The van der Waals surface area contributed by atoms with Gasteiger partial charge >= 0.3 is 6.03 Å². The van der Waals surface area contributed by atoms with E-state index in [9.17, 15) is 9.90 Å². The SMILES string of the molecule is O=C(Nc1cccc(-c2ccc3c(c2)CCO3)c1)N1CCCC(O)C1. The molecule has 4 rings (SSSR count). The first-order valence-corrected chi connectivity index (χ1v) is 8.79. The lowest BCUT2D eigenvalue weighted by molar-refractivity contribution is 0.0883. The Kier molecular flexibility index (Phi) is 4.32. The van der Waals surface area contributed by atoms with Crippen molar-refractivity contribution < 1.29 is 14.6 Å². The quantitative estimate of drug-likeness (QED) is 0.883. The summed E-state index contributed by atoms with van der Waals surface area (Å²) in [7, 11) is 0. The van der Waals surface area contributed by atoms with E-state index in [4.69, 9.17) is 4.74 Å². The topological polar surface area (TPSA) is 61.8 Å². The highest BCUT2D eigenvalue weighted by Gasteiger charge is 2.22. The number of amides is 2. The number of nitrogens with zero attached hydrogens (tertiary/aromatic N) is 1. The Morgan fingerprint density at radius 2 is 2.08 bits per heavy atom. The zero-order valence-electron chi connectivity index (χ0n) is 14.1. The van der Waals surface area contributed by atoms with Crippen LogP contribution in [0.15, 0.2) is 42.5 Å². The molecule has 2 amide bonds. The van der Waals surface area contributed by atoms with Crippen molar-refractivity contribution in [2.45, 2.75) is 25.4 Å². The number of likely N-dealkylation sites (tertiary alicyclic amines) is 1. The van der Waals surface area contributed by atoms with Gasteiger partial charge in [-0.1, -0.05) is 18.2 Å². The molecule has 5 heteroatoms. The van der Waals surface area contributed by atoms with E-state index in [1.165, 1.54) is 5.56 Å². The number of carbonyl (C=O) groups excluding carboxylic acids is 1. The van der Waals surface area contributed by atoms with Crippen molar-refractivity contribution in [3.05, 3.63) is 48.0 Å². The summed E-state index contributed by atoms with van der Waals surface area (Å²) in [6.07, 6.45) is 2.13. The molecular formula is C20H22N2O3. The second kappa shape index (κ2) is 6.76. The molecule has 0 spiro atoms. The number of benzene rings is 2. The minimum absolute atomic E-state index is 0.154. The van der Waals surface area contributed by atoms with Crippen molar-refractivity contribution in [3.8, 4) is 16.9 Å². The number of aliphatic hydroxyl groups excluding tert-OH is 1. The van der Waals surface area contributed by atoms with Gasteiger partial charge in [0, 0.05) is 25.2 Å². The zero-order valence-corrected chi connectivity index (χ0v) is 14.1. The third kappa shape index (κ3) is 3.46. The Labute approximate surface area is 147 Å². The van der Waals surface area contributed by atoms with Crippen LogP contribution in [0.25, 0.3) is 11.1 Å². The summed E-state index contributed by atoms with van der Waals surface area (Å²) in [4.78, 5) is 14.1. The fourth-order valence-corrected chi connectivity index (χ4v) is 3.48. The van der Waals surface area contributed by atoms with Crippen LogP contribution < -0.4 is 10.1 Å². The van der Waals surface area contributed by atoms with E-state index in [-0.39, 0.29) is 6.03 Å². The number of ether oxygens (including phenoxy) is 1. The number of β-amino-alcohol motifs (C(OH)–C–C–N with tert-alkyl or cyclic N) is 1. The molecule has 1 saturated heterocycles. The number of anilines is 1. The fraction of sp³-hybridized carbons (Fsp3) is 0.350. The van der Waals surface area contributed by atoms with Crippen molar-refractivity contribution >= 4 is 11.7 Å². The van der Waals surface area contributed by atoms with Gasteiger partial charge in [-0.2, -0.15) is 0 Å². The molecule has 1 atom stereocenters. The molecule has 2 aromatic carbocycles. The maximum Gasteiger partial charge on any atom is 0.321 e. The molecule has 0 radical (unpaired) electrons. The van der Waals surface area contributed by atoms with E-state index in [2.05, 4.69) is 11.4 Å². The van der Waals surface area contributed by atoms with Crippen LogP contribution in [0, 0.1) is 0 Å². The van der Waals surface area contributed by atoms with Crippen LogP contribution in [0.2, 0.25) is 0 Å². The van der Waals surface area contributed by atoms with E-state index in [1.807, 2.05) is 36.4 Å². The largest absolute Gasteiger partial charge is 0.493 e. The molecule has 0 aromatic heterocycles. The third-order valence-electron chi connectivity index (χ3n) is 4.82. The molecule has 25 heavy (non-hydrogen) atoms. The van der Waals surface area contributed by atoms with Gasteiger partial charge < -0.3 is 20.1 Å². The third-order valence-corrected chi connectivity index (χ3v) is 4.82. The summed E-state index contributed by atoms with van der Waals surface area (Å²) in [5, 5.41) is 12.7. The van der Waals surface area contributed by atoms with E-state index >= 15 is 0 Å². The average molecular weight is 338 g/mol. The molecule has 2 aliphatic rings. The molecule has 2 aromatic rings. The van der Waals surface area contributed by atoms with Gasteiger partial charge in [-0.25, -0.2) is 4.79 Å². The monoisotopic (exact) mass is 338 g/mol. The molecule has 2 N–H and O–H groups in total. The highest BCUT2D eigenvalue weighted by atomic mass is 16.5. The molecule has 5 nitrogen and oxygen atoms in total. The van der Waals surface area contributed by atoms with E-state index < -0.39 is 6.10 Å². The number of piperidine rings is 1. The van der Waals surface area contributed by atoms with Gasteiger partial charge in [0.25, 0.3) is 0 Å². The molecular weight excluding hydrogens is 316 g/mol. The van der Waals surface area contributed by atoms with Gasteiger partial charge in [0.15, 0.2) is 0 Å². The minimum atomic E-state index is -0.417. The van der Waals surface area contributed by atoms with Gasteiger partial charge in [-0.3, -0.25) is 0 Å². The van der Waals surface area contributed by atoms with Crippen LogP contribution in [0.3, 0.4) is 0 Å². The summed E-state index contributed by atoms with van der Waals surface area (Å²) in [5.74, 6) is 0.969. The van der Waals surface area contributed by atoms with E-state index in [0.29, 0.717) is 13.1 Å². The van der Waals surface area contributed by atoms with Crippen LogP contribution >= 0.6 is 0 Å². The summed E-state index contributed by atoms with van der Waals surface area (Å²) in [6.45, 7) is 1.83. The first-order chi connectivity index (χ1) is 12.2. The minimum Gasteiger partial charge on any atom is -0.493 e. The molecule has 2 heterocycles. The molecule has 2 aliphatic heterocycles. The summed E-state index contributed by atoms with van der Waals surface area (Å²) in [6, 6.07) is 13.9. The van der Waals surface area contributed by atoms with Crippen LogP contribution in [0.1, 0.15) is 18.4 Å². The Morgan fingerprint density at radius 1 is 1.20 bits per heavy atom. The highest BCUT2D eigenvalue weighted by molar-refractivity contribution is 5.90. The molecule has 130 valence electrons. The molecule has 0 bridgehead atoms. The summed E-state index contributed by atoms with van der Waals surface area (Å²) >= 11 is 0. The predicted molar refractivity (Wildman–Crippen MR) is 96.9 cm³/mol. The second-order valence-electron chi connectivity index (χ2n) is 6.67. The summed E-state index contributed by atoms with van der Waals surface area (Å²) in [5.41, 5.74) is 4.17. The molecule has 0 saturated carbocycles. The van der Waals surface area contributed by atoms with Crippen molar-refractivity contribution in [1.29, 1.82) is 0 Å². The van der Waals surface area contributed by atoms with Gasteiger partial charge in [0.2, 0.25) is 0 Å². The van der Waals surface area contributed by atoms with Gasteiger partial charge in [0.1, 0.15) is 5.75 Å². The van der Waals surface area contributed by atoms with Crippen molar-refractivity contribution in [2.75, 3.05) is 25.0 Å². The lowest BCUT2D eigenvalue weighted by Crippen LogP contribution is -2.44. The molecule has 0 aliphatic carbocycles. The first kappa shape index (κ1) is 16.0. The Morgan fingerprint density at radius 3 is 2.96 bits per heavy atom. The highest BCUT2D eigenvalue weighted by Crippen LogP contribution is 2.31. The van der Waals surface area contributed by atoms with Crippen molar-refractivity contribution in [3.63, 3.8) is 0 Å². The lowest BCUT2D eigenvalue weighted by atomic mass is 10.0. The van der Waals surface area contributed by atoms with Gasteiger partial charge in [-0.05, 0) is 53.8 Å². The Bertz CT molecular complexity index is 790. The number of rotatable bonds is 2. The predicted octanol–water partition coefficient (Wildman–Crippen LogP) is 3.28. The second-order valence-corrected chi connectivity index (χ2v) is 6.67. The van der Waals surface area contributed by atoms with Crippen LogP contribution in [0.4, 0.5) is 10.5 Å². The van der Waals surface area contributed by atoms with E-state index in [0.717, 1.165) is 48.4 Å². The molecule has 1 fully saturated rings. The van der Waals surface area contributed by atoms with Crippen LogP contribution in [-0.4, -0.2) is 41.8 Å². The Hall–Kier alpha value is -2.53. The van der Waals surface area contributed by atoms with Crippen LogP contribution in [-0.2, 0) is 6.42 Å². The standard InChI is InChI=1S/C20H22N2O3/c23-18-5-2-9-22(13-18)20(24)21-17-4-1-3-14(12-17)15-6-7-19-16(11-15)8-10-25-19/h1,3-4,6-7,11-12,18,23H,2,5,8-10,13H2,(H,21,24). The average Bonchev–Trinajstić information content (AvgIpc) is 3.09. The number of urea groups is 1. The maximum atomic E-state index is 12.4. The maximum absolute atomic E-state index is 12.4. The fourth-order valence-electron chi connectivity index (χ4n) is 3.48. The lowest BCUT2D eigenvalue weighted by Gasteiger charge is -2.30. The van der Waals surface area contributed by atoms with Crippen LogP contribution in [0.5, 0.6) is 5.75 Å². The van der Waals surface area contributed by atoms with E-state index in [1.54, 1.807) is 4.90 Å². The zero-order chi connectivity index (χ0) is 17.2. The Balaban J connectivity index is 1.50.